The van der Waals surface area contributed by atoms with Gasteiger partial charge in [-0.2, -0.15) is 0 Å². The second-order valence-electron chi connectivity index (χ2n) is 3.30. The first kappa shape index (κ1) is 13.1. The molecule has 8 heteroatoms. The molecule has 0 aliphatic carbocycles. The number of aryl methyl sites for hydroxylation is 2. The first-order valence-corrected chi connectivity index (χ1v) is 6.55. The van der Waals surface area contributed by atoms with Crippen molar-refractivity contribution in [3.63, 3.8) is 0 Å². The average molecular weight is 263 g/mol. The fourth-order valence-corrected chi connectivity index (χ4v) is 2.31. The van der Waals surface area contributed by atoms with Gasteiger partial charge in [-0.05, 0) is 13.8 Å². The highest BCUT2D eigenvalue weighted by Crippen LogP contribution is 2.07. The summed E-state index contributed by atoms with van der Waals surface area (Å²) in [6, 6.07) is 0. The standard InChI is InChI=1S/C8H13N3O3S2/c1-5-6(2)14-8(11-5)3-10-16(12,13)4-7(9)15/h10H,3-4H2,1-2H3,(H2,9,15). The monoisotopic (exact) mass is 263 g/mol. The quantitative estimate of drug-likeness (QED) is 0.725. The molecule has 1 rings (SSSR count). The fraction of sp³-hybridized carbons (Fsp3) is 0.500. The molecule has 0 radical (unpaired) electrons. The van der Waals surface area contributed by atoms with Gasteiger partial charge in [0.25, 0.3) is 0 Å². The topological polar surface area (TPSA) is 98.2 Å². The molecular weight excluding hydrogens is 250 g/mol. The van der Waals surface area contributed by atoms with Crippen molar-refractivity contribution >= 4 is 27.2 Å². The Bertz CT molecular complexity index is 473. The highest BCUT2D eigenvalue weighted by Gasteiger charge is 2.13. The summed E-state index contributed by atoms with van der Waals surface area (Å²) in [5.41, 5.74) is 5.89. The van der Waals surface area contributed by atoms with Gasteiger partial charge in [0.2, 0.25) is 15.9 Å². The third-order valence-electron chi connectivity index (χ3n) is 1.85. The average Bonchev–Trinajstić information content (AvgIpc) is 2.41. The predicted octanol–water partition coefficient (Wildman–Crippen LogP) is -0.00306. The predicted molar refractivity (Wildman–Crippen MR) is 63.4 cm³/mol. The van der Waals surface area contributed by atoms with Gasteiger partial charge in [-0.15, -0.1) is 0 Å². The molecule has 6 nitrogen and oxygen atoms in total. The number of hydrogen-bond acceptors (Lipinski definition) is 5. The molecule has 0 saturated heterocycles. The molecule has 1 aromatic rings. The van der Waals surface area contributed by atoms with Crippen LogP contribution in [0.4, 0.5) is 0 Å². The van der Waals surface area contributed by atoms with Crippen molar-refractivity contribution in [3.05, 3.63) is 17.3 Å². The molecule has 0 fully saturated rings. The normalized spacial score (nSPS) is 11.6. The minimum Gasteiger partial charge on any atom is -0.444 e. The molecule has 90 valence electrons. The van der Waals surface area contributed by atoms with Gasteiger partial charge in [-0.25, -0.2) is 18.1 Å². The molecule has 0 aliphatic heterocycles. The van der Waals surface area contributed by atoms with Crippen LogP contribution in [-0.2, 0) is 16.6 Å². The van der Waals surface area contributed by atoms with E-state index in [-0.39, 0.29) is 17.3 Å². The Morgan fingerprint density at radius 3 is 2.62 bits per heavy atom. The zero-order valence-electron chi connectivity index (χ0n) is 8.98. The summed E-state index contributed by atoms with van der Waals surface area (Å²) in [5, 5.41) is 0. The van der Waals surface area contributed by atoms with Crippen molar-refractivity contribution < 1.29 is 12.8 Å². The Labute approximate surface area is 99.3 Å². The molecule has 3 N–H and O–H groups in total. The van der Waals surface area contributed by atoms with Crippen LogP contribution in [0.3, 0.4) is 0 Å². The van der Waals surface area contributed by atoms with Crippen LogP contribution in [0.5, 0.6) is 0 Å². The number of aromatic nitrogens is 1. The maximum Gasteiger partial charge on any atom is 0.218 e. The van der Waals surface area contributed by atoms with E-state index in [4.69, 9.17) is 10.2 Å². The number of nitrogens with two attached hydrogens (primary N) is 1. The maximum absolute atomic E-state index is 11.4. The van der Waals surface area contributed by atoms with Gasteiger partial charge in [0, 0.05) is 0 Å². The lowest BCUT2D eigenvalue weighted by Crippen LogP contribution is -2.32. The van der Waals surface area contributed by atoms with Gasteiger partial charge < -0.3 is 10.2 Å². The Morgan fingerprint density at radius 1 is 1.56 bits per heavy atom. The van der Waals surface area contributed by atoms with Gasteiger partial charge in [-0.3, -0.25) is 0 Å². The van der Waals surface area contributed by atoms with E-state index < -0.39 is 10.0 Å². The Hall–Kier alpha value is -0.990. The van der Waals surface area contributed by atoms with Gasteiger partial charge >= 0.3 is 0 Å². The number of sulfonamides is 1. The lowest BCUT2D eigenvalue weighted by atomic mass is 10.4. The number of oxazole rings is 1. The molecule has 0 saturated carbocycles. The Balaban J connectivity index is 2.61. The van der Waals surface area contributed by atoms with Crippen molar-refractivity contribution in [1.82, 2.24) is 9.71 Å². The summed E-state index contributed by atoms with van der Waals surface area (Å²) in [4.78, 5) is 3.96. The van der Waals surface area contributed by atoms with Crippen LogP contribution in [0.2, 0.25) is 0 Å². The Kier molecular flexibility index (Phi) is 4.00. The number of rotatable bonds is 5. The number of hydrogen-bond donors (Lipinski definition) is 2. The van der Waals surface area contributed by atoms with Crippen LogP contribution in [-0.4, -0.2) is 24.1 Å². The molecular formula is C8H13N3O3S2. The zero-order chi connectivity index (χ0) is 12.3. The lowest BCUT2D eigenvalue weighted by molar-refractivity contribution is 0.463. The van der Waals surface area contributed by atoms with E-state index in [1.54, 1.807) is 13.8 Å². The second kappa shape index (κ2) is 4.89. The van der Waals surface area contributed by atoms with E-state index >= 15 is 0 Å². The van der Waals surface area contributed by atoms with Crippen molar-refractivity contribution in [3.8, 4) is 0 Å². The molecule has 1 heterocycles. The van der Waals surface area contributed by atoms with Crippen LogP contribution >= 0.6 is 12.2 Å². The number of nitrogens with zero attached hydrogens (tertiary/aromatic N) is 1. The molecule has 0 bridgehead atoms. The fourth-order valence-electron chi connectivity index (χ4n) is 1.02. The molecule has 16 heavy (non-hydrogen) atoms. The molecule has 0 atom stereocenters. The smallest absolute Gasteiger partial charge is 0.218 e. The largest absolute Gasteiger partial charge is 0.444 e. The summed E-state index contributed by atoms with van der Waals surface area (Å²) in [6.07, 6.45) is 0. The van der Waals surface area contributed by atoms with Crippen molar-refractivity contribution in [2.45, 2.75) is 20.4 Å². The summed E-state index contributed by atoms with van der Waals surface area (Å²) in [5.74, 6) is 0.617. The van der Waals surface area contributed by atoms with E-state index in [2.05, 4.69) is 21.9 Å². The van der Waals surface area contributed by atoms with Crippen molar-refractivity contribution in [1.29, 1.82) is 0 Å². The summed E-state index contributed by atoms with van der Waals surface area (Å²) in [6.45, 7) is 3.54. The van der Waals surface area contributed by atoms with E-state index in [0.29, 0.717) is 11.7 Å². The molecule has 0 aliphatic rings. The highest BCUT2D eigenvalue weighted by molar-refractivity contribution is 7.92. The van der Waals surface area contributed by atoms with E-state index in [1.807, 2.05) is 0 Å². The molecule has 0 unspecified atom stereocenters. The minimum atomic E-state index is -3.50. The number of nitrogens with one attached hydrogen (secondary N) is 1. The molecule has 0 spiro atoms. The van der Waals surface area contributed by atoms with Crippen LogP contribution in [0.1, 0.15) is 17.3 Å². The van der Waals surface area contributed by atoms with Crippen LogP contribution in [0, 0.1) is 13.8 Å². The van der Waals surface area contributed by atoms with Crippen LogP contribution in [0.15, 0.2) is 4.42 Å². The first-order chi connectivity index (χ1) is 7.30. The molecule has 1 aromatic heterocycles. The van der Waals surface area contributed by atoms with E-state index in [0.717, 1.165) is 5.69 Å². The highest BCUT2D eigenvalue weighted by atomic mass is 32.2. The van der Waals surface area contributed by atoms with Gasteiger partial charge in [-0.1, -0.05) is 12.2 Å². The van der Waals surface area contributed by atoms with Gasteiger partial charge in [0.1, 0.15) is 11.5 Å². The SMILES string of the molecule is Cc1nc(CNS(=O)(=O)CC(N)=S)oc1C. The van der Waals surface area contributed by atoms with Crippen LogP contribution in [0.25, 0.3) is 0 Å². The van der Waals surface area contributed by atoms with E-state index in [9.17, 15) is 8.42 Å². The minimum absolute atomic E-state index is 0.000370. The summed E-state index contributed by atoms with van der Waals surface area (Å²) >= 11 is 4.52. The third-order valence-corrected chi connectivity index (χ3v) is 3.45. The van der Waals surface area contributed by atoms with Crippen molar-refractivity contribution in [2.24, 2.45) is 5.73 Å². The second-order valence-corrected chi connectivity index (χ2v) is 5.63. The summed E-state index contributed by atoms with van der Waals surface area (Å²) in [7, 11) is -3.50. The maximum atomic E-state index is 11.4. The van der Waals surface area contributed by atoms with Crippen molar-refractivity contribution in [2.75, 3.05) is 5.75 Å². The first-order valence-electron chi connectivity index (χ1n) is 4.49. The molecule has 0 amide bonds. The number of thiocarbonyl (C=S) groups is 1. The third kappa shape index (κ3) is 3.87. The Morgan fingerprint density at radius 2 is 2.19 bits per heavy atom. The van der Waals surface area contributed by atoms with Crippen LogP contribution < -0.4 is 10.5 Å². The summed E-state index contributed by atoms with van der Waals surface area (Å²) < 4.78 is 30.2. The van der Waals surface area contributed by atoms with Gasteiger partial charge in [0.15, 0.2) is 0 Å². The molecule has 0 aromatic carbocycles. The van der Waals surface area contributed by atoms with E-state index in [1.165, 1.54) is 0 Å². The van der Waals surface area contributed by atoms with Gasteiger partial charge in [0.05, 0.1) is 17.2 Å². The zero-order valence-corrected chi connectivity index (χ0v) is 10.6. The lowest BCUT2D eigenvalue weighted by Gasteiger charge is -2.02.